The van der Waals surface area contributed by atoms with Gasteiger partial charge in [-0.2, -0.15) is 0 Å². The molecule has 7 nitrogen and oxygen atoms in total. The molecule has 1 aromatic carbocycles. The van der Waals surface area contributed by atoms with Crippen molar-refractivity contribution in [2.45, 2.75) is 13.8 Å². The Morgan fingerprint density at radius 1 is 1.30 bits per heavy atom. The second kappa shape index (κ2) is 8.61. The number of aliphatic hydroxyl groups excluding tert-OH is 1. The first-order valence-corrected chi connectivity index (χ1v) is 9.14. The highest BCUT2D eigenvalue weighted by Gasteiger charge is 2.14. The molecule has 3 rings (SSSR count). The average molecular weight is 385 g/mol. The number of aliphatic hydroxyl groups is 1. The largest absolute Gasteiger partial charge is 0.413 e. The average Bonchev–Trinajstić information content (AvgIpc) is 3.21. The lowest BCUT2D eigenvalue weighted by atomic mass is 10.1. The van der Waals surface area contributed by atoms with Crippen molar-refractivity contribution in [2.24, 2.45) is 0 Å². The lowest BCUT2D eigenvalue weighted by molar-refractivity contribution is 0.196. The summed E-state index contributed by atoms with van der Waals surface area (Å²) in [6.45, 7) is 3.61. The van der Waals surface area contributed by atoms with Gasteiger partial charge in [-0.1, -0.05) is 46.8 Å². The molecule has 0 radical (unpaired) electrons. The second-order valence-corrected chi connectivity index (χ2v) is 6.66. The van der Waals surface area contributed by atoms with E-state index in [4.69, 9.17) is 14.4 Å². The van der Waals surface area contributed by atoms with Crippen LogP contribution in [0.3, 0.4) is 0 Å². The Morgan fingerprint density at radius 2 is 2.07 bits per heavy atom. The molecule has 0 saturated heterocycles. The Hall–Kier alpha value is -2.97. The Bertz CT molecular complexity index is 947. The minimum atomic E-state index is -0.618. The van der Waals surface area contributed by atoms with Crippen molar-refractivity contribution in [3.63, 3.8) is 0 Å². The van der Waals surface area contributed by atoms with Gasteiger partial charge in [0.2, 0.25) is 5.06 Å². The number of aromatic nitrogens is 2. The number of carbonyl (C=O) groups is 1. The van der Waals surface area contributed by atoms with Crippen molar-refractivity contribution in [1.82, 2.24) is 15.5 Å². The van der Waals surface area contributed by atoms with Crippen LogP contribution >= 0.6 is 11.3 Å². The molecule has 0 atom stereocenters. The van der Waals surface area contributed by atoms with Gasteiger partial charge in [-0.25, -0.2) is 9.78 Å². The molecule has 0 aliphatic carbocycles. The van der Waals surface area contributed by atoms with Crippen LogP contribution in [-0.2, 0) is 0 Å². The maximum absolute atomic E-state index is 11.6. The molecule has 27 heavy (non-hydrogen) atoms. The standard InChI is InChI=1S/C19H19N3O4S/c1-12-18(25-19(24)20-10-11-23)27-16(21-12)9-8-15-13(2)26-22-17(15)14-6-4-3-5-7-14/h3-9,23H,10-11H2,1-2H3,(H,20,24)/b9-8+. The van der Waals surface area contributed by atoms with Crippen LogP contribution in [-0.4, -0.2) is 34.5 Å². The van der Waals surface area contributed by atoms with Gasteiger partial charge in [-0.15, -0.1) is 0 Å². The topological polar surface area (TPSA) is 97.5 Å². The second-order valence-electron chi connectivity index (χ2n) is 5.67. The molecule has 3 aromatic rings. The molecule has 0 bridgehead atoms. The van der Waals surface area contributed by atoms with Crippen LogP contribution in [0.2, 0.25) is 0 Å². The third-order valence-electron chi connectivity index (χ3n) is 3.69. The minimum Gasteiger partial charge on any atom is -0.397 e. The van der Waals surface area contributed by atoms with Crippen molar-refractivity contribution >= 4 is 29.6 Å². The first-order valence-electron chi connectivity index (χ1n) is 8.32. The first-order chi connectivity index (χ1) is 13.1. The van der Waals surface area contributed by atoms with E-state index in [1.807, 2.05) is 49.4 Å². The van der Waals surface area contributed by atoms with Crippen LogP contribution < -0.4 is 10.1 Å². The summed E-state index contributed by atoms with van der Waals surface area (Å²) >= 11 is 1.26. The van der Waals surface area contributed by atoms with Crippen LogP contribution in [0.4, 0.5) is 4.79 Å². The van der Waals surface area contributed by atoms with Crippen molar-refractivity contribution in [3.8, 4) is 16.3 Å². The highest BCUT2D eigenvalue weighted by Crippen LogP contribution is 2.30. The zero-order valence-corrected chi connectivity index (χ0v) is 15.7. The number of nitrogens with one attached hydrogen (secondary N) is 1. The van der Waals surface area contributed by atoms with E-state index in [1.54, 1.807) is 6.92 Å². The van der Waals surface area contributed by atoms with Gasteiger partial charge in [0, 0.05) is 17.7 Å². The van der Waals surface area contributed by atoms with Gasteiger partial charge < -0.3 is 19.7 Å². The zero-order valence-electron chi connectivity index (χ0n) is 14.9. The molecule has 2 aromatic heterocycles. The van der Waals surface area contributed by atoms with Gasteiger partial charge >= 0.3 is 6.09 Å². The van der Waals surface area contributed by atoms with E-state index in [2.05, 4.69) is 15.5 Å². The zero-order chi connectivity index (χ0) is 19.2. The monoisotopic (exact) mass is 385 g/mol. The highest BCUT2D eigenvalue weighted by atomic mass is 32.1. The van der Waals surface area contributed by atoms with Gasteiger partial charge in [0.1, 0.15) is 16.5 Å². The highest BCUT2D eigenvalue weighted by molar-refractivity contribution is 7.14. The van der Waals surface area contributed by atoms with E-state index >= 15 is 0 Å². The Morgan fingerprint density at radius 3 is 2.81 bits per heavy atom. The Kier molecular flexibility index (Phi) is 6.00. The third kappa shape index (κ3) is 4.60. The number of hydrogen-bond donors (Lipinski definition) is 2. The predicted octanol–water partition coefficient (Wildman–Crippen LogP) is 3.67. The summed E-state index contributed by atoms with van der Waals surface area (Å²) in [5.41, 5.74) is 3.22. The molecule has 0 aliphatic heterocycles. The van der Waals surface area contributed by atoms with Crippen molar-refractivity contribution in [2.75, 3.05) is 13.2 Å². The molecule has 8 heteroatoms. The first kappa shape index (κ1) is 18.8. The number of carbonyl (C=O) groups excluding carboxylic acids is 1. The van der Waals surface area contributed by atoms with Crippen molar-refractivity contribution < 1.29 is 19.2 Å². The third-order valence-corrected chi connectivity index (χ3v) is 4.69. The van der Waals surface area contributed by atoms with Crippen LogP contribution in [0, 0.1) is 13.8 Å². The maximum atomic E-state index is 11.6. The quantitative estimate of drug-likeness (QED) is 0.672. The molecule has 0 saturated carbocycles. The molecule has 140 valence electrons. The summed E-state index contributed by atoms with van der Waals surface area (Å²) < 4.78 is 10.6. The lowest BCUT2D eigenvalue weighted by Crippen LogP contribution is -2.29. The summed E-state index contributed by atoms with van der Waals surface area (Å²) in [4.78, 5) is 16.0. The van der Waals surface area contributed by atoms with E-state index in [-0.39, 0.29) is 13.2 Å². The number of hydrogen-bond acceptors (Lipinski definition) is 7. The number of thiazole rings is 1. The van der Waals surface area contributed by atoms with E-state index in [1.165, 1.54) is 11.3 Å². The SMILES string of the molecule is Cc1nc(/C=C/c2c(-c3ccccc3)noc2C)sc1OC(=O)NCCO. The molecular weight excluding hydrogens is 366 g/mol. The number of amides is 1. The smallest absolute Gasteiger partial charge is 0.397 e. The van der Waals surface area contributed by atoms with Crippen molar-refractivity contribution in [1.29, 1.82) is 0 Å². The molecular formula is C19H19N3O4S. The minimum absolute atomic E-state index is 0.137. The van der Waals surface area contributed by atoms with E-state index in [0.717, 1.165) is 16.8 Å². The molecule has 0 fully saturated rings. The van der Waals surface area contributed by atoms with E-state index in [0.29, 0.717) is 21.5 Å². The maximum Gasteiger partial charge on any atom is 0.413 e. The van der Waals surface area contributed by atoms with Crippen LogP contribution in [0.5, 0.6) is 5.06 Å². The summed E-state index contributed by atoms with van der Waals surface area (Å²) in [5.74, 6) is 0.707. The number of nitrogens with zero attached hydrogens (tertiary/aromatic N) is 2. The van der Waals surface area contributed by atoms with Crippen molar-refractivity contribution in [3.05, 3.63) is 52.4 Å². The molecule has 2 heterocycles. The van der Waals surface area contributed by atoms with Gasteiger partial charge in [0.05, 0.1) is 12.3 Å². The molecule has 0 unspecified atom stereocenters. The molecule has 0 aliphatic rings. The summed E-state index contributed by atoms with van der Waals surface area (Å²) in [6, 6.07) is 9.78. The van der Waals surface area contributed by atoms with Crippen LogP contribution in [0.25, 0.3) is 23.4 Å². The number of ether oxygens (including phenoxy) is 1. The fourth-order valence-corrected chi connectivity index (χ4v) is 3.20. The van der Waals surface area contributed by atoms with Crippen LogP contribution in [0.15, 0.2) is 34.9 Å². The summed E-state index contributed by atoms with van der Waals surface area (Å²) in [7, 11) is 0. The number of benzene rings is 1. The van der Waals surface area contributed by atoms with Gasteiger partial charge in [0.15, 0.2) is 0 Å². The molecule has 1 amide bonds. The summed E-state index contributed by atoms with van der Waals surface area (Å²) in [5, 5.41) is 16.4. The number of rotatable bonds is 6. The Labute approximate surface area is 160 Å². The van der Waals surface area contributed by atoms with Gasteiger partial charge in [-0.05, 0) is 26.0 Å². The fraction of sp³-hybridized carbons (Fsp3) is 0.211. The van der Waals surface area contributed by atoms with Crippen LogP contribution in [0.1, 0.15) is 22.0 Å². The lowest BCUT2D eigenvalue weighted by Gasteiger charge is -2.02. The van der Waals surface area contributed by atoms with E-state index < -0.39 is 6.09 Å². The number of aryl methyl sites for hydroxylation is 2. The van der Waals surface area contributed by atoms with Gasteiger partial charge in [-0.3, -0.25) is 0 Å². The summed E-state index contributed by atoms with van der Waals surface area (Å²) in [6.07, 6.45) is 3.11. The predicted molar refractivity (Wildman–Crippen MR) is 104 cm³/mol. The van der Waals surface area contributed by atoms with Gasteiger partial charge in [0.25, 0.3) is 0 Å². The Balaban J connectivity index is 1.79. The van der Waals surface area contributed by atoms with E-state index in [9.17, 15) is 4.79 Å². The molecule has 2 N–H and O–H groups in total. The fourth-order valence-electron chi connectivity index (χ4n) is 2.38. The normalized spacial score (nSPS) is 11.1. The molecule has 0 spiro atoms.